The summed E-state index contributed by atoms with van der Waals surface area (Å²) < 4.78 is 28.5. The highest BCUT2D eigenvalue weighted by Crippen LogP contribution is 2.20. The molecule has 1 aliphatic heterocycles. The number of rotatable bonds is 5. The van der Waals surface area contributed by atoms with E-state index < -0.39 is 9.84 Å². The topological polar surface area (TPSA) is 71.0 Å². The number of aliphatic imine (C=N–C) groups is 1. The Morgan fingerprint density at radius 3 is 2.36 bits per heavy atom. The zero-order chi connectivity index (χ0) is 18.4. The molecule has 7 heteroatoms. The van der Waals surface area contributed by atoms with Gasteiger partial charge in [-0.05, 0) is 42.5 Å². The van der Waals surface area contributed by atoms with Crippen LogP contribution in [0.3, 0.4) is 0 Å². The second-order valence-corrected chi connectivity index (χ2v) is 8.93. The van der Waals surface area contributed by atoms with Gasteiger partial charge in [-0.25, -0.2) is 8.42 Å². The minimum atomic E-state index is -3.17. The van der Waals surface area contributed by atoms with E-state index in [-0.39, 0.29) is 0 Å². The van der Waals surface area contributed by atoms with E-state index in [0.717, 1.165) is 19.0 Å². The highest BCUT2D eigenvalue weighted by molar-refractivity contribution is 7.90. The van der Waals surface area contributed by atoms with E-state index in [4.69, 9.17) is 4.74 Å². The lowest BCUT2D eigenvalue weighted by molar-refractivity contribution is 0.207. The molecule has 1 aromatic carbocycles. The molecule has 0 saturated carbocycles. The maximum atomic E-state index is 11.4. The zero-order valence-corrected chi connectivity index (χ0v) is 16.3. The average Bonchev–Trinajstić information content (AvgIpc) is 2.53. The fourth-order valence-corrected chi connectivity index (χ4v) is 3.91. The van der Waals surface area contributed by atoms with Crippen molar-refractivity contribution in [3.8, 4) is 5.75 Å². The normalized spacial score (nSPS) is 21.9. The van der Waals surface area contributed by atoms with Crippen molar-refractivity contribution in [1.82, 2.24) is 10.2 Å². The minimum Gasteiger partial charge on any atom is -0.492 e. The molecule has 1 aliphatic rings. The van der Waals surface area contributed by atoms with E-state index in [1.165, 1.54) is 12.7 Å². The Labute approximate surface area is 151 Å². The summed E-state index contributed by atoms with van der Waals surface area (Å²) in [6.45, 7) is 7.73. The maximum Gasteiger partial charge on any atom is 0.193 e. The van der Waals surface area contributed by atoms with Gasteiger partial charge in [0.2, 0.25) is 0 Å². The number of piperidine rings is 1. The standard InChI is InChI=1S/C18H29N3O3S/c1-14-11-15(2)13-21(12-14)18(19-3)20-9-10-24-16-5-7-17(8-6-16)25(4,22)23/h5-8,14-15H,9-13H2,1-4H3,(H,19,20). The molecule has 0 amide bonds. The van der Waals surface area contributed by atoms with Crippen molar-refractivity contribution in [3.05, 3.63) is 24.3 Å². The second-order valence-electron chi connectivity index (χ2n) is 6.92. The molecule has 1 aromatic rings. The lowest BCUT2D eigenvalue weighted by atomic mass is 9.92. The Morgan fingerprint density at radius 1 is 1.24 bits per heavy atom. The first kappa shape index (κ1) is 19.6. The summed E-state index contributed by atoms with van der Waals surface area (Å²) >= 11 is 0. The molecule has 0 bridgehead atoms. The van der Waals surface area contributed by atoms with Crippen LogP contribution in [0.25, 0.3) is 0 Å². The highest BCUT2D eigenvalue weighted by Gasteiger charge is 2.23. The number of sulfone groups is 1. The number of nitrogens with zero attached hydrogens (tertiary/aromatic N) is 2. The second kappa shape index (κ2) is 8.56. The lowest BCUT2D eigenvalue weighted by Gasteiger charge is -2.37. The van der Waals surface area contributed by atoms with E-state index >= 15 is 0 Å². The van der Waals surface area contributed by atoms with Gasteiger partial charge in [-0.15, -0.1) is 0 Å². The average molecular weight is 368 g/mol. The van der Waals surface area contributed by atoms with Gasteiger partial charge in [0, 0.05) is 26.4 Å². The third kappa shape index (κ3) is 5.92. The van der Waals surface area contributed by atoms with E-state index in [0.29, 0.717) is 35.6 Å². The Balaban J connectivity index is 1.79. The summed E-state index contributed by atoms with van der Waals surface area (Å²) in [5.74, 6) is 2.91. The number of benzene rings is 1. The number of hydrogen-bond acceptors (Lipinski definition) is 4. The molecule has 6 nitrogen and oxygen atoms in total. The smallest absolute Gasteiger partial charge is 0.193 e. The van der Waals surface area contributed by atoms with E-state index in [1.54, 1.807) is 31.3 Å². The van der Waals surface area contributed by atoms with Crippen LogP contribution >= 0.6 is 0 Å². The van der Waals surface area contributed by atoms with Crippen LogP contribution in [0.15, 0.2) is 34.2 Å². The van der Waals surface area contributed by atoms with Crippen molar-refractivity contribution in [1.29, 1.82) is 0 Å². The minimum absolute atomic E-state index is 0.298. The summed E-state index contributed by atoms with van der Waals surface area (Å²) in [6, 6.07) is 6.49. The molecule has 0 spiro atoms. The van der Waals surface area contributed by atoms with Gasteiger partial charge in [0.15, 0.2) is 15.8 Å². The van der Waals surface area contributed by atoms with Gasteiger partial charge in [0.1, 0.15) is 12.4 Å². The van der Waals surface area contributed by atoms with Crippen molar-refractivity contribution in [2.75, 3.05) is 39.5 Å². The molecule has 0 radical (unpaired) electrons. The Bertz CT molecular complexity index is 676. The monoisotopic (exact) mass is 367 g/mol. The van der Waals surface area contributed by atoms with Crippen molar-refractivity contribution in [2.24, 2.45) is 16.8 Å². The van der Waals surface area contributed by atoms with Gasteiger partial charge < -0.3 is 15.0 Å². The highest BCUT2D eigenvalue weighted by atomic mass is 32.2. The number of ether oxygens (including phenoxy) is 1. The number of hydrogen-bond donors (Lipinski definition) is 1. The molecule has 2 atom stereocenters. The van der Waals surface area contributed by atoms with Crippen LogP contribution < -0.4 is 10.1 Å². The SMILES string of the molecule is CN=C(NCCOc1ccc(S(C)(=O)=O)cc1)N1CC(C)CC(C)C1. The van der Waals surface area contributed by atoms with Crippen LogP contribution in [0.5, 0.6) is 5.75 Å². The molecule has 140 valence electrons. The number of likely N-dealkylation sites (tertiary alicyclic amines) is 1. The predicted octanol–water partition coefficient (Wildman–Crippen LogP) is 2.02. The van der Waals surface area contributed by atoms with Crippen molar-refractivity contribution < 1.29 is 13.2 Å². The number of guanidine groups is 1. The predicted molar refractivity (Wildman–Crippen MR) is 101 cm³/mol. The fraction of sp³-hybridized carbons (Fsp3) is 0.611. The summed E-state index contributed by atoms with van der Waals surface area (Å²) in [6.07, 6.45) is 2.46. The van der Waals surface area contributed by atoms with E-state index in [9.17, 15) is 8.42 Å². The van der Waals surface area contributed by atoms with Crippen LogP contribution in [-0.4, -0.2) is 58.8 Å². The van der Waals surface area contributed by atoms with E-state index in [2.05, 4.69) is 29.1 Å². The van der Waals surface area contributed by atoms with Crippen molar-refractivity contribution >= 4 is 15.8 Å². The van der Waals surface area contributed by atoms with Crippen LogP contribution in [0.4, 0.5) is 0 Å². The van der Waals surface area contributed by atoms with Gasteiger partial charge >= 0.3 is 0 Å². The lowest BCUT2D eigenvalue weighted by Crippen LogP contribution is -2.49. The van der Waals surface area contributed by atoms with Crippen molar-refractivity contribution in [2.45, 2.75) is 25.2 Å². The molecule has 0 aliphatic carbocycles. The molecule has 2 rings (SSSR count). The summed E-state index contributed by atoms with van der Waals surface area (Å²) in [4.78, 5) is 6.98. The van der Waals surface area contributed by atoms with Gasteiger partial charge in [0.05, 0.1) is 11.4 Å². The fourth-order valence-electron chi connectivity index (χ4n) is 3.28. The molecule has 0 aromatic heterocycles. The molecule has 1 N–H and O–H groups in total. The van der Waals surface area contributed by atoms with Crippen LogP contribution in [0.2, 0.25) is 0 Å². The molecular weight excluding hydrogens is 338 g/mol. The van der Waals surface area contributed by atoms with Gasteiger partial charge in [-0.1, -0.05) is 13.8 Å². The van der Waals surface area contributed by atoms with Gasteiger partial charge in [-0.2, -0.15) is 0 Å². The first-order chi connectivity index (χ1) is 11.8. The van der Waals surface area contributed by atoms with Crippen LogP contribution in [0, 0.1) is 11.8 Å². The van der Waals surface area contributed by atoms with Crippen molar-refractivity contribution in [3.63, 3.8) is 0 Å². The van der Waals surface area contributed by atoms with Gasteiger partial charge in [-0.3, -0.25) is 4.99 Å². The number of nitrogens with one attached hydrogen (secondary N) is 1. The molecule has 2 unspecified atom stereocenters. The molecule has 1 saturated heterocycles. The molecular formula is C18H29N3O3S. The Hall–Kier alpha value is -1.76. The first-order valence-electron chi connectivity index (χ1n) is 8.68. The Kier molecular flexibility index (Phi) is 6.70. The molecule has 1 fully saturated rings. The molecule has 25 heavy (non-hydrogen) atoms. The third-order valence-corrected chi connectivity index (χ3v) is 5.41. The molecule has 1 heterocycles. The summed E-state index contributed by atoms with van der Waals surface area (Å²) in [5, 5.41) is 3.34. The maximum absolute atomic E-state index is 11.4. The Morgan fingerprint density at radius 2 is 1.84 bits per heavy atom. The first-order valence-corrected chi connectivity index (χ1v) is 10.6. The summed E-state index contributed by atoms with van der Waals surface area (Å²) in [5.41, 5.74) is 0. The van der Waals surface area contributed by atoms with Gasteiger partial charge in [0.25, 0.3) is 0 Å². The van der Waals surface area contributed by atoms with Crippen LogP contribution in [0.1, 0.15) is 20.3 Å². The van der Waals surface area contributed by atoms with E-state index in [1.807, 2.05) is 0 Å². The summed E-state index contributed by atoms with van der Waals surface area (Å²) in [7, 11) is -1.37. The largest absolute Gasteiger partial charge is 0.492 e. The zero-order valence-electron chi connectivity index (χ0n) is 15.5. The quantitative estimate of drug-likeness (QED) is 0.490. The van der Waals surface area contributed by atoms with Crippen LogP contribution in [-0.2, 0) is 9.84 Å². The third-order valence-electron chi connectivity index (χ3n) is 4.29.